The van der Waals surface area contributed by atoms with Gasteiger partial charge in [0.15, 0.2) is 0 Å². The molecule has 0 bridgehead atoms. The number of nitrogens with zero attached hydrogens (tertiary/aromatic N) is 2. The number of anilines is 2. The van der Waals surface area contributed by atoms with E-state index >= 15 is 0 Å². The van der Waals surface area contributed by atoms with Crippen LogP contribution in [0.1, 0.15) is 27.7 Å². The van der Waals surface area contributed by atoms with Gasteiger partial charge in [-0.1, -0.05) is 13.8 Å². The molecule has 5 nitrogen and oxygen atoms in total. The number of hydrogen-bond acceptors (Lipinski definition) is 4. The van der Waals surface area contributed by atoms with Crippen molar-refractivity contribution in [2.24, 2.45) is 5.92 Å². The van der Waals surface area contributed by atoms with Crippen molar-refractivity contribution in [2.45, 2.75) is 46.4 Å². The van der Waals surface area contributed by atoms with Crippen LogP contribution in [0.2, 0.25) is 0 Å². The zero-order chi connectivity index (χ0) is 12.3. The first-order chi connectivity index (χ1) is 7.41. The van der Waals surface area contributed by atoms with E-state index in [4.69, 9.17) is 5.73 Å². The summed E-state index contributed by atoms with van der Waals surface area (Å²) in [6.45, 7) is 8.50. The summed E-state index contributed by atoms with van der Waals surface area (Å²) in [6.07, 6.45) is 1.20. The molecule has 5 heteroatoms. The average Bonchev–Trinajstić information content (AvgIpc) is 2.49. The maximum atomic E-state index is 9.82. The molecule has 0 radical (unpaired) electrons. The van der Waals surface area contributed by atoms with E-state index < -0.39 is 6.10 Å². The number of nitrogen functional groups attached to an aromatic ring is 1. The molecule has 1 rings (SSSR count). The lowest BCUT2D eigenvalue weighted by molar-refractivity contribution is 0.103. The highest BCUT2D eigenvalue weighted by atomic mass is 16.3. The van der Waals surface area contributed by atoms with E-state index in [1.54, 1.807) is 10.9 Å². The Balaban J connectivity index is 2.80. The normalized spacial score (nSPS) is 13.4. The molecule has 0 amide bonds. The highest BCUT2D eigenvalue weighted by Gasteiger charge is 2.15. The minimum absolute atomic E-state index is 0.206. The maximum absolute atomic E-state index is 9.82. The maximum Gasteiger partial charge on any atom is 0.148 e. The second-order valence-corrected chi connectivity index (χ2v) is 4.74. The molecule has 0 saturated carbocycles. The molecule has 1 atom stereocenters. The Bertz CT molecular complexity index is 333. The summed E-state index contributed by atoms with van der Waals surface area (Å²) in [5.41, 5.74) is 6.43. The molecule has 16 heavy (non-hydrogen) atoms. The van der Waals surface area contributed by atoms with Crippen LogP contribution in [0.15, 0.2) is 6.20 Å². The van der Waals surface area contributed by atoms with E-state index in [0.29, 0.717) is 12.2 Å². The lowest BCUT2D eigenvalue weighted by Gasteiger charge is -2.18. The Labute approximate surface area is 96.6 Å². The summed E-state index contributed by atoms with van der Waals surface area (Å²) in [5.74, 6) is 0.993. The molecule has 0 fully saturated rings. The van der Waals surface area contributed by atoms with E-state index in [2.05, 4.69) is 10.4 Å². The van der Waals surface area contributed by atoms with Gasteiger partial charge in [-0.25, -0.2) is 4.68 Å². The summed E-state index contributed by atoms with van der Waals surface area (Å²) in [5, 5.41) is 17.2. The van der Waals surface area contributed by atoms with E-state index in [9.17, 15) is 5.11 Å². The molecule has 0 aromatic carbocycles. The lowest BCUT2D eigenvalue weighted by Crippen LogP contribution is -2.24. The third-order valence-electron chi connectivity index (χ3n) is 2.42. The molecular weight excluding hydrogens is 204 g/mol. The van der Waals surface area contributed by atoms with Crippen molar-refractivity contribution >= 4 is 11.5 Å². The predicted octanol–water partition coefficient (Wildman–Crippen LogP) is 1.30. The van der Waals surface area contributed by atoms with Crippen LogP contribution < -0.4 is 11.1 Å². The number of nitrogens with one attached hydrogen (secondary N) is 1. The van der Waals surface area contributed by atoms with Crippen LogP contribution in [0.4, 0.5) is 11.5 Å². The smallest absolute Gasteiger partial charge is 0.148 e. The molecule has 0 aliphatic heterocycles. The first-order valence-corrected chi connectivity index (χ1v) is 5.67. The van der Waals surface area contributed by atoms with E-state index in [1.165, 1.54) is 0 Å². The van der Waals surface area contributed by atoms with Gasteiger partial charge in [0.2, 0.25) is 0 Å². The number of hydrogen-bond donors (Lipinski definition) is 3. The van der Waals surface area contributed by atoms with Crippen LogP contribution >= 0.6 is 0 Å². The van der Waals surface area contributed by atoms with E-state index in [0.717, 1.165) is 5.82 Å². The molecule has 0 spiro atoms. The van der Waals surface area contributed by atoms with E-state index in [1.807, 2.05) is 27.7 Å². The van der Waals surface area contributed by atoms with Crippen molar-refractivity contribution in [3.8, 4) is 0 Å². The Morgan fingerprint density at radius 1 is 1.44 bits per heavy atom. The summed E-state index contributed by atoms with van der Waals surface area (Å²) in [4.78, 5) is 0. The fraction of sp³-hybridized carbons (Fsp3) is 0.727. The van der Waals surface area contributed by atoms with Crippen molar-refractivity contribution in [1.82, 2.24) is 9.78 Å². The second kappa shape index (κ2) is 5.21. The standard InChI is InChI=1S/C11H22N4O/c1-7(2)10(16)6-15-11(14-8(3)4)9(12)5-13-15/h5,7-8,10,14,16H,6,12H2,1-4H3. The Kier molecular flexibility index (Phi) is 4.18. The van der Waals surface area contributed by atoms with Gasteiger partial charge in [-0.2, -0.15) is 5.10 Å². The Morgan fingerprint density at radius 3 is 2.56 bits per heavy atom. The predicted molar refractivity (Wildman–Crippen MR) is 66.2 cm³/mol. The minimum atomic E-state index is -0.410. The van der Waals surface area contributed by atoms with Gasteiger partial charge >= 0.3 is 0 Å². The van der Waals surface area contributed by atoms with Crippen LogP contribution in [0.5, 0.6) is 0 Å². The first kappa shape index (κ1) is 12.8. The molecule has 0 saturated heterocycles. The molecule has 4 N–H and O–H groups in total. The molecule has 0 aliphatic rings. The fourth-order valence-electron chi connectivity index (χ4n) is 1.36. The van der Waals surface area contributed by atoms with Crippen molar-refractivity contribution in [2.75, 3.05) is 11.1 Å². The SMILES string of the molecule is CC(C)Nc1c(N)cnn1CC(O)C(C)C. The number of nitrogens with two attached hydrogens (primary N) is 1. The number of rotatable bonds is 5. The Hall–Kier alpha value is -1.23. The van der Waals surface area contributed by atoms with Crippen molar-refractivity contribution < 1.29 is 5.11 Å². The monoisotopic (exact) mass is 226 g/mol. The topological polar surface area (TPSA) is 76.1 Å². The zero-order valence-corrected chi connectivity index (χ0v) is 10.4. The van der Waals surface area contributed by atoms with Gasteiger partial charge < -0.3 is 16.2 Å². The third kappa shape index (κ3) is 3.13. The highest BCUT2D eigenvalue weighted by molar-refractivity contribution is 5.60. The summed E-state index contributed by atoms with van der Waals surface area (Å²) in [6, 6.07) is 0.286. The molecule has 1 aromatic rings. The van der Waals surface area contributed by atoms with Crippen LogP contribution in [-0.2, 0) is 6.54 Å². The zero-order valence-electron chi connectivity index (χ0n) is 10.4. The number of aromatic nitrogens is 2. The van der Waals surface area contributed by atoms with Crippen molar-refractivity contribution in [1.29, 1.82) is 0 Å². The first-order valence-electron chi connectivity index (χ1n) is 5.67. The quantitative estimate of drug-likeness (QED) is 0.707. The summed E-state index contributed by atoms with van der Waals surface area (Å²) >= 11 is 0. The van der Waals surface area contributed by atoms with Crippen LogP contribution in [-0.4, -0.2) is 27.0 Å². The molecule has 1 unspecified atom stereocenters. The molecule has 1 heterocycles. The number of aliphatic hydroxyl groups excluding tert-OH is 1. The minimum Gasteiger partial charge on any atom is -0.394 e. The lowest BCUT2D eigenvalue weighted by atomic mass is 10.1. The average molecular weight is 226 g/mol. The van der Waals surface area contributed by atoms with Gasteiger partial charge in [-0.05, 0) is 19.8 Å². The molecule has 1 aromatic heterocycles. The number of aliphatic hydroxyl groups is 1. The van der Waals surface area contributed by atoms with Crippen molar-refractivity contribution in [3.05, 3.63) is 6.20 Å². The third-order valence-corrected chi connectivity index (χ3v) is 2.42. The largest absolute Gasteiger partial charge is 0.394 e. The van der Waals surface area contributed by atoms with Gasteiger partial charge in [-0.3, -0.25) is 0 Å². The Morgan fingerprint density at radius 2 is 2.06 bits per heavy atom. The molecule has 0 aliphatic carbocycles. The molecule has 92 valence electrons. The fourth-order valence-corrected chi connectivity index (χ4v) is 1.36. The summed E-state index contributed by atoms with van der Waals surface area (Å²) < 4.78 is 1.72. The van der Waals surface area contributed by atoms with Gasteiger partial charge in [0.25, 0.3) is 0 Å². The van der Waals surface area contributed by atoms with Gasteiger partial charge in [0, 0.05) is 6.04 Å². The van der Waals surface area contributed by atoms with Crippen LogP contribution in [0.3, 0.4) is 0 Å². The summed E-state index contributed by atoms with van der Waals surface area (Å²) in [7, 11) is 0. The van der Waals surface area contributed by atoms with Gasteiger partial charge in [0.1, 0.15) is 5.82 Å². The van der Waals surface area contributed by atoms with Crippen molar-refractivity contribution in [3.63, 3.8) is 0 Å². The highest BCUT2D eigenvalue weighted by Crippen LogP contribution is 2.19. The van der Waals surface area contributed by atoms with Crippen LogP contribution in [0.25, 0.3) is 0 Å². The second-order valence-electron chi connectivity index (χ2n) is 4.74. The molecular formula is C11H22N4O. The van der Waals surface area contributed by atoms with Gasteiger partial charge in [0.05, 0.1) is 24.5 Å². The van der Waals surface area contributed by atoms with Gasteiger partial charge in [-0.15, -0.1) is 0 Å². The van der Waals surface area contributed by atoms with E-state index in [-0.39, 0.29) is 12.0 Å². The van der Waals surface area contributed by atoms with Crippen LogP contribution in [0, 0.1) is 5.92 Å².